The summed E-state index contributed by atoms with van der Waals surface area (Å²) in [5, 5.41) is 13.1. The van der Waals surface area contributed by atoms with Crippen molar-refractivity contribution in [1.29, 1.82) is 0 Å². The van der Waals surface area contributed by atoms with E-state index < -0.39 is 34.8 Å². The Morgan fingerprint density at radius 3 is 2.54 bits per heavy atom. The van der Waals surface area contributed by atoms with Gasteiger partial charge in [-0.2, -0.15) is 0 Å². The number of benzene rings is 2. The third kappa shape index (κ3) is 4.44. The number of anilines is 1. The lowest BCUT2D eigenvalue weighted by atomic mass is 10.1. The molecule has 1 aliphatic heterocycles. The van der Waals surface area contributed by atoms with Crippen LogP contribution in [-0.2, 0) is 20.0 Å². The quantitative estimate of drug-likeness (QED) is 0.436. The van der Waals surface area contributed by atoms with Gasteiger partial charge in [0.15, 0.2) is 5.69 Å². The number of aromatic nitrogens is 3. The molecular formula is C27H22FN5O4. The first-order chi connectivity index (χ1) is 17.8. The number of rotatable bonds is 5. The number of fused-ring (bicyclic) bond motifs is 1. The Hall–Kier alpha value is -4.86. The van der Waals surface area contributed by atoms with Gasteiger partial charge in [0, 0.05) is 31.9 Å². The first kappa shape index (κ1) is 23.9. The van der Waals surface area contributed by atoms with Gasteiger partial charge in [-0.1, -0.05) is 36.4 Å². The highest BCUT2D eigenvalue weighted by Gasteiger charge is 2.39. The second kappa shape index (κ2) is 9.65. The molecule has 1 unspecified atom stereocenters. The van der Waals surface area contributed by atoms with Gasteiger partial charge in [0.1, 0.15) is 17.3 Å². The van der Waals surface area contributed by atoms with Crippen LogP contribution < -0.4 is 15.8 Å². The zero-order valence-electron chi connectivity index (χ0n) is 19.8. The zero-order chi connectivity index (χ0) is 26.1. The maximum atomic E-state index is 13.6. The van der Waals surface area contributed by atoms with E-state index in [2.05, 4.69) is 15.3 Å². The number of hydrogen-bond acceptors (Lipinski definition) is 6. The standard InChI is InChI=1S/C27H22FN5O4/c1-32-24(31-22(23(34)27(32)37)25(35)30-15-16-9-11-18(28)12-10-16)21-14-17-6-2-3-8-20(17)33(21)26(36)19-7-4-5-13-29-19/h2-13,21,34H,14-15H2,1H3,(H,30,35). The minimum Gasteiger partial charge on any atom is -0.501 e. The van der Waals surface area contributed by atoms with E-state index in [4.69, 9.17) is 0 Å². The molecular weight excluding hydrogens is 477 g/mol. The van der Waals surface area contributed by atoms with Crippen molar-refractivity contribution in [3.63, 3.8) is 0 Å². The average molecular weight is 500 g/mol. The smallest absolute Gasteiger partial charge is 0.296 e. The number of amides is 2. The van der Waals surface area contributed by atoms with Gasteiger partial charge >= 0.3 is 0 Å². The molecule has 10 heteroatoms. The topological polar surface area (TPSA) is 117 Å². The number of carbonyl (C=O) groups is 2. The van der Waals surface area contributed by atoms with Crippen LogP contribution in [0.5, 0.6) is 5.75 Å². The molecule has 2 N–H and O–H groups in total. The molecule has 0 radical (unpaired) electrons. The van der Waals surface area contributed by atoms with Crippen molar-refractivity contribution in [3.05, 3.63) is 117 Å². The van der Waals surface area contributed by atoms with E-state index in [1.54, 1.807) is 30.3 Å². The molecule has 2 aromatic carbocycles. The molecule has 0 saturated heterocycles. The summed E-state index contributed by atoms with van der Waals surface area (Å²) < 4.78 is 14.3. The largest absolute Gasteiger partial charge is 0.501 e. The van der Waals surface area contributed by atoms with Gasteiger partial charge < -0.3 is 10.4 Å². The molecule has 1 atom stereocenters. The molecule has 0 fully saturated rings. The van der Waals surface area contributed by atoms with Crippen molar-refractivity contribution in [2.24, 2.45) is 7.05 Å². The van der Waals surface area contributed by atoms with Crippen LogP contribution in [0, 0.1) is 5.82 Å². The van der Waals surface area contributed by atoms with Crippen LogP contribution in [0.1, 0.15) is 44.0 Å². The van der Waals surface area contributed by atoms with E-state index in [0.29, 0.717) is 17.7 Å². The van der Waals surface area contributed by atoms with Crippen molar-refractivity contribution < 1.29 is 19.1 Å². The number of pyridine rings is 1. The van der Waals surface area contributed by atoms with E-state index in [0.717, 1.165) is 10.1 Å². The van der Waals surface area contributed by atoms with Crippen LogP contribution in [0.4, 0.5) is 10.1 Å². The van der Waals surface area contributed by atoms with Gasteiger partial charge in [-0.15, -0.1) is 0 Å². The van der Waals surface area contributed by atoms with Crippen molar-refractivity contribution in [3.8, 4) is 5.75 Å². The van der Waals surface area contributed by atoms with E-state index in [-0.39, 0.29) is 24.0 Å². The summed E-state index contributed by atoms with van der Waals surface area (Å²) >= 11 is 0. The number of nitrogens with one attached hydrogen (secondary N) is 1. The lowest BCUT2D eigenvalue weighted by Gasteiger charge is -2.26. The Bertz CT molecular complexity index is 1550. The molecule has 186 valence electrons. The summed E-state index contributed by atoms with van der Waals surface area (Å²) in [6, 6.07) is 17.1. The minimum absolute atomic E-state index is 0.0317. The van der Waals surface area contributed by atoms with E-state index in [9.17, 15) is 23.9 Å². The number of halogens is 1. The monoisotopic (exact) mass is 499 g/mol. The van der Waals surface area contributed by atoms with Gasteiger partial charge in [0.05, 0.1) is 6.04 Å². The van der Waals surface area contributed by atoms with Crippen molar-refractivity contribution in [1.82, 2.24) is 19.9 Å². The first-order valence-electron chi connectivity index (χ1n) is 11.5. The molecule has 4 aromatic rings. The lowest BCUT2D eigenvalue weighted by molar-refractivity contribution is 0.0941. The highest BCUT2D eigenvalue weighted by Crippen LogP contribution is 2.40. The Balaban J connectivity index is 1.53. The molecule has 2 amide bonds. The molecule has 5 rings (SSSR count). The highest BCUT2D eigenvalue weighted by atomic mass is 19.1. The maximum absolute atomic E-state index is 13.6. The third-order valence-corrected chi connectivity index (χ3v) is 6.26. The summed E-state index contributed by atoms with van der Waals surface area (Å²) in [7, 11) is 1.43. The van der Waals surface area contributed by atoms with E-state index in [1.165, 1.54) is 42.4 Å². The number of aromatic hydroxyl groups is 1. The predicted molar refractivity (Wildman–Crippen MR) is 133 cm³/mol. The van der Waals surface area contributed by atoms with Gasteiger partial charge in [0.25, 0.3) is 17.4 Å². The van der Waals surface area contributed by atoms with Gasteiger partial charge in [-0.25, -0.2) is 9.37 Å². The fourth-order valence-corrected chi connectivity index (χ4v) is 4.39. The molecule has 3 heterocycles. The predicted octanol–water partition coefficient (Wildman–Crippen LogP) is 2.89. The molecule has 0 saturated carbocycles. The molecule has 0 bridgehead atoms. The minimum atomic E-state index is -0.821. The fraction of sp³-hybridized carbons (Fsp3) is 0.148. The summed E-state index contributed by atoms with van der Waals surface area (Å²) in [4.78, 5) is 49.5. The lowest BCUT2D eigenvalue weighted by Crippen LogP contribution is -2.38. The fourth-order valence-electron chi connectivity index (χ4n) is 4.39. The SMILES string of the molecule is Cn1c(C2Cc3ccccc3N2C(=O)c2ccccn2)nc(C(=O)NCc2ccc(F)cc2)c(O)c1=O. The Labute approximate surface area is 210 Å². The third-order valence-electron chi connectivity index (χ3n) is 6.26. The summed E-state index contributed by atoms with van der Waals surface area (Å²) in [6.07, 6.45) is 1.86. The van der Waals surface area contributed by atoms with Crippen LogP contribution in [0.2, 0.25) is 0 Å². The summed E-state index contributed by atoms with van der Waals surface area (Å²) in [5.74, 6) is -2.25. The normalized spacial score (nSPS) is 14.3. The molecule has 37 heavy (non-hydrogen) atoms. The number of hydrogen-bond donors (Lipinski definition) is 2. The van der Waals surface area contributed by atoms with Crippen LogP contribution in [0.3, 0.4) is 0 Å². The van der Waals surface area contributed by atoms with E-state index in [1.807, 2.05) is 12.1 Å². The van der Waals surface area contributed by atoms with Crippen LogP contribution >= 0.6 is 0 Å². The molecule has 0 spiro atoms. The summed E-state index contributed by atoms with van der Waals surface area (Å²) in [6.45, 7) is 0.0317. The van der Waals surface area contributed by atoms with Crippen molar-refractivity contribution >= 4 is 17.5 Å². The zero-order valence-corrected chi connectivity index (χ0v) is 19.8. The number of nitrogens with zero attached hydrogens (tertiary/aromatic N) is 4. The van der Waals surface area contributed by atoms with Crippen molar-refractivity contribution in [2.45, 2.75) is 19.0 Å². The Morgan fingerprint density at radius 2 is 1.81 bits per heavy atom. The van der Waals surface area contributed by atoms with Crippen LogP contribution in [0.25, 0.3) is 0 Å². The highest BCUT2D eigenvalue weighted by molar-refractivity contribution is 6.06. The first-order valence-corrected chi connectivity index (χ1v) is 11.5. The number of carbonyl (C=O) groups excluding carboxylic acids is 2. The van der Waals surface area contributed by atoms with E-state index >= 15 is 0 Å². The summed E-state index contributed by atoms with van der Waals surface area (Å²) in [5.41, 5.74) is 1.07. The maximum Gasteiger partial charge on any atom is 0.296 e. The Morgan fingerprint density at radius 1 is 1.08 bits per heavy atom. The van der Waals surface area contributed by atoms with Crippen LogP contribution in [0.15, 0.2) is 77.7 Å². The second-order valence-electron chi connectivity index (χ2n) is 8.58. The van der Waals surface area contributed by atoms with Gasteiger partial charge in [-0.3, -0.25) is 28.8 Å². The average Bonchev–Trinajstić information content (AvgIpc) is 3.30. The van der Waals surface area contributed by atoms with Gasteiger partial charge in [0.2, 0.25) is 5.75 Å². The van der Waals surface area contributed by atoms with Crippen molar-refractivity contribution in [2.75, 3.05) is 4.90 Å². The van der Waals surface area contributed by atoms with Crippen LogP contribution in [-0.4, -0.2) is 31.5 Å². The molecule has 2 aromatic heterocycles. The van der Waals surface area contributed by atoms with Gasteiger partial charge in [-0.05, 0) is 41.5 Å². The Kier molecular flexibility index (Phi) is 6.22. The molecule has 9 nitrogen and oxygen atoms in total. The second-order valence-corrected chi connectivity index (χ2v) is 8.58. The molecule has 0 aliphatic carbocycles. The number of para-hydroxylation sites is 1. The molecule has 1 aliphatic rings.